The summed E-state index contributed by atoms with van der Waals surface area (Å²) < 4.78 is 1.65. The van der Waals surface area contributed by atoms with Gasteiger partial charge in [-0.3, -0.25) is 10.1 Å². The second-order valence-electron chi connectivity index (χ2n) is 6.59. The third kappa shape index (κ3) is 6.07. The van der Waals surface area contributed by atoms with Crippen molar-refractivity contribution in [3.05, 3.63) is 39.6 Å². The van der Waals surface area contributed by atoms with Crippen LogP contribution in [0.5, 0.6) is 0 Å². The number of aromatic nitrogens is 3. The molecule has 1 aromatic carbocycles. The predicted molar refractivity (Wildman–Crippen MR) is 111 cm³/mol. The molecule has 3 rings (SSSR count). The topological polar surface area (TPSA) is 71.8 Å². The SMILES string of the molecule is Cl.Cn1nc(C2CCNCC2)nc1NC(=O)CCCc1ccc(Cl)c(Cl)c1. The summed E-state index contributed by atoms with van der Waals surface area (Å²) in [6.07, 6.45) is 3.96. The van der Waals surface area contributed by atoms with Crippen LogP contribution in [0, 0.1) is 0 Å². The van der Waals surface area contributed by atoms with Crippen molar-refractivity contribution in [2.45, 2.75) is 38.0 Å². The summed E-state index contributed by atoms with van der Waals surface area (Å²) in [4.78, 5) is 16.7. The molecule has 0 unspecified atom stereocenters. The number of halogens is 3. The molecule has 27 heavy (non-hydrogen) atoms. The van der Waals surface area contributed by atoms with E-state index in [1.807, 2.05) is 19.2 Å². The van der Waals surface area contributed by atoms with Gasteiger partial charge in [0.2, 0.25) is 11.9 Å². The van der Waals surface area contributed by atoms with E-state index < -0.39 is 0 Å². The molecule has 0 saturated carbocycles. The largest absolute Gasteiger partial charge is 0.317 e. The molecule has 0 spiro atoms. The number of amides is 1. The lowest BCUT2D eigenvalue weighted by Crippen LogP contribution is -2.27. The molecule has 0 atom stereocenters. The van der Waals surface area contributed by atoms with Crippen LogP contribution in [0.15, 0.2) is 18.2 Å². The maximum absolute atomic E-state index is 12.2. The fourth-order valence-electron chi connectivity index (χ4n) is 3.10. The maximum Gasteiger partial charge on any atom is 0.227 e. The van der Waals surface area contributed by atoms with Crippen molar-refractivity contribution < 1.29 is 4.79 Å². The second kappa shape index (κ2) is 10.3. The molecule has 0 radical (unpaired) electrons. The standard InChI is InChI=1S/C18H23Cl2N5O.ClH/c1-25-18(23-17(24-25)13-7-9-21-10-8-13)22-16(26)4-2-3-12-5-6-14(19)15(20)11-12;/h5-6,11,13,21H,2-4,7-10H2,1H3,(H,22,23,24,26);1H. The zero-order chi connectivity index (χ0) is 18.5. The molecule has 9 heteroatoms. The predicted octanol–water partition coefficient (Wildman–Crippen LogP) is 3.97. The highest BCUT2D eigenvalue weighted by Crippen LogP contribution is 2.24. The number of piperidine rings is 1. The summed E-state index contributed by atoms with van der Waals surface area (Å²) in [5, 5.41) is 11.7. The lowest BCUT2D eigenvalue weighted by Gasteiger charge is -2.19. The normalized spacial score (nSPS) is 14.6. The van der Waals surface area contributed by atoms with Crippen molar-refractivity contribution in [2.24, 2.45) is 7.05 Å². The minimum absolute atomic E-state index is 0. The molecule has 148 valence electrons. The van der Waals surface area contributed by atoms with Crippen LogP contribution < -0.4 is 10.6 Å². The minimum atomic E-state index is -0.0579. The summed E-state index contributed by atoms with van der Waals surface area (Å²) in [5.41, 5.74) is 1.07. The Balaban J connectivity index is 0.00000261. The Hall–Kier alpha value is -1.34. The van der Waals surface area contributed by atoms with E-state index in [9.17, 15) is 4.79 Å². The number of carbonyl (C=O) groups excluding carboxylic acids is 1. The van der Waals surface area contributed by atoms with E-state index in [1.54, 1.807) is 10.7 Å². The van der Waals surface area contributed by atoms with Gasteiger partial charge < -0.3 is 5.32 Å². The maximum atomic E-state index is 12.2. The molecule has 1 amide bonds. The van der Waals surface area contributed by atoms with Crippen LogP contribution in [0.3, 0.4) is 0 Å². The first kappa shape index (κ1) is 22.0. The zero-order valence-corrected chi connectivity index (χ0v) is 17.5. The van der Waals surface area contributed by atoms with Crippen molar-refractivity contribution in [2.75, 3.05) is 18.4 Å². The van der Waals surface area contributed by atoms with Gasteiger partial charge in [-0.25, -0.2) is 4.68 Å². The Morgan fingerprint density at radius 1 is 1.30 bits per heavy atom. The van der Waals surface area contributed by atoms with Crippen molar-refractivity contribution in [3.63, 3.8) is 0 Å². The minimum Gasteiger partial charge on any atom is -0.317 e. The van der Waals surface area contributed by atoms with Gasteiger partial charge in [0.1, 0.15) is 0 Å². The number of hydrogen-bond donors (Lipinski definition) is 2. The van der Waals surface area contributed by atoms with Crippen molar-refractivity contribution >= 4 is 47.5 Å². The molecule has 0 aliphatic carbocycles. The van der Waals surface area contributed by atoms with E-state index >= 15 is 0 Å². The highest BCUT2D eigenvalue weighted by Gasteiger charge is 2.21. The monoisotopic (exact) mass is 431 g/mol. The van der Waals surface area contributed by atoms with Crippen LogP contribution in [0.4, 0.5) is 5.95 Å². The molecule has 1 fully saturated rings. The van der Waals surface area contributed by atoms with E-state index in [-0.39, 0.29) is 18.3 Å². The quantitative estimate of drug-likeness (QED) is 0.724. The lowest BCUT2D eigenvalue weighted by atomic mass is 9.98. The van der Waals surface area contributed by atoms with Gasteiger partial charge >= 0.3 is 0 Å². The summed E-state index contributed by atoms with van der Waals surface area (Å²) in [6.45, 7) is 1.97. The summed E-state index contributed by atoms with van der Waals surface area (Å²) >= 11 is 11.9. The van der Waals surface area contributed by atoms with E-state index in [1.165, 1.54) is 0 Å². The molecule has 0 bridgehead atoms. The number of hydrogen-bond acceptors (Lipinski definition) is 4. The van der Waals surface area contributed by atoms with Crippen molar-refractivity contribution in [3.8, 4) is 0 Å². The Morgan fingerprint density at radius 3 is 2.74 bits per heavy atom. The number of anilines is 1. The highest BCUT2D eigenvalue weighted by molar-refractivity contribution is 6.42. The average Bonchev–Trinajstić information content (AvgIpc) is 2.99. The average molecular weight is 433 g/mol. The van der Waals surface area contributed by atoms with Crippen LogP contribution in [-0.2, 0) is 18.3 Å². The van der Waals surface area contributed by atoms with Crippen LogP contribution in [-0.4, -0.2) is 33.8 Å². The van der Waals surface area contributed by atoms with E-state index in [2.05, 4.69) is 20.7 Å². The summed E-state index contributed by atoms with van der Waals surface area (Å²) in [5.74, 6) is 1.64. The smallest absolute Gasteiger partial charge is 0.227 e. The van der Waals surface area contributed by atoms with E-state index in [0.29, 0.717) is 28.3 Å². The third-order valence-electron chi connectivity index (χ3n) is 4.59. The van der Waals surface area contributed by atoms with Crippen LogP contribution in [0.2, 0.25) is 10.0 Å². The van der Waals surface area contributed by atoms with Gasteiger partial charge in [-0.1, -0.05) is 29.3 Å². The Kier molecular flexibility index (Phi) is 8.35. The van der Waals surface area contributed by atoms with Gasteiger partial charge in [0.05, 0.1) is 10.0 Å². The Morgan fingerprint density at radius 2 is 2.04 bits per heavy atom. The molecule has 2 aromatic rings. The molecule has 1 aliphatic rings. The number of rotatable bonds is 6. The first-order chi connectivity index (χ1) is 12.5. The van der Waals surface area contributed by atoms with E-state index in [4.69, 9.17) is 23.2 Å². The first-order valence-corrected chi connectivity index (χ1v) is 9.64. The molecule has 1 aromatic heterocycles. The molecular weight excluding hydrogens is 409 g/mol. The van der Waals surface area contributed by atoms with Crippen LogP contribution >= 0.6 is 35.6 Å². The highest BCUT2D eigenvalue weighted by atomic mass is 35.5. The lowest BCUT2D eigenvalue weighted by molar-refractivity contribution is -0.116. The molecule has 2 N–H and O–H groups in total. The van der Waals surface area contributed by atoms with Crippen LogP contribution in [0.25, 0.3) is 0 Å². The molecule has 1 saturated heterocycles. The zero-order valence-electron chi connectivity index (χ0n) is 15.2. The summed E-state index contributed by atoms with van der Waals surface area (Å²) in [7, 11) is 1.81. The second-order valence-corrected chi connectivity index (χ2v) is 7.41. The molecular formula is C18H24Cl3N5O. The number of carbonyl (C=O) groups is 1. The van der Waals surface area contributed by atoms with Gasteiger partial charge in [0, 0.05) is 19.4 Å². The Labute approximate surface area is 175 Å². The van der Waals surface area contributed by atoms with E-state index in [0.717, 1.165) is 50.2 Å². The molecule has 2 heterocycles. The summed E-state index contributed by atoms with van der Waals surface area (Å²) in [6, 6.07) is 5.55. The van der Waals surface area contributed by atoms with Crippen molar-refractivity contribution in [1.82, 2.24) is 20.1 Å². The van der Waals surface area contributed by atoms with Gasteiger partial charge in [0.15, 0.2) is 5.82 Å². The van der Waals surface area contributed by atoms with Gasteiger partial charge in [-0.2, -0.15) is 10.1 Å². The number of benzene rings is 1. The number of aryl methyl sites for hydroxylation is 2. The Bertz CT molecular complexity index is 774. The molecule has 6 nitrogen and oxygen atoms in total. The molecule has 1 aliphatic heterocycles. The first-order valence-electron chi connectivity index (χ1n) is 8.88. The number of nitrogens with one attached hydrogen (secondary N) is 2. The third-order valence-corrected chi connectivity index (χ3v) is 5.33. The fourth-order valence-corrected chi connectivity index (χ4v) is 3.42. The number of nitrogens with zero attached hydrogens (tertiary/aromatic N) is 3. The van der Waals surface area contributed by atoms with Gasteiger partial charge in [-0.05, 0) is 56.5 Å². The van der Waals surface area contributed by atoms with Gasteiger partial charge in [0.25, 0.3) is 0 Å². The fraction of sp³-hybridized carbons (Fsp3) is 0.500. The van der Waals surface area contributed by atoms with Crippen LogP contribution in [0.1, 0.15) is 43.0 Å². The van der Waals surface area contributed by atoms with Crippen molar-refractivity contribution in [1.29, 1.82) is 0 Å². The van der Waals surface area contributed by atoms with Gasteiger partial charge in [-0.15, -0.1) is 12.4 Å².